The summed E-state index contributed by atoms with van der Waals surface area (Å²) in [5.74, 6) is 0.668. The van der Waals surface area contributed by atoms with E-state index >= 15 is 0 Å². The van der Waals surface area contributed by atoms with Crippen LogP contribution in [0, 0.1) is 0 Å². The van der Waals surface area contributed by atoms with E-state index in [0.717, 1.165) is 12.1 Å². The molecule has 0 spiro atoms. The number of benzene rings is 2. The Kier molecular flexibility index (Phi) is 6.48. The van der Waals surface area contributed by atoms with Crippen molar-refractivity contribution in [3.05, 3.63) is 54.1 Å². The molecule has 0 atom stereocenters. The first kappa shape index (κ1) is 16.9. The van der Waals surface area contributed by atoms with E-state index in [1.54, 1.807) is 0 Å². The number of hydrogen-bond acceptors (Lipinski definition) is 3. The second-order valence-electron chi connectivity index (χ2n) is 5.20. The van der Waals surface area contributed by atoms with Crippen LogP contribution in [0.4, 0.5) is 11.4 Å². The van der Waals surface area contributed by atoms with E-state index in [0.29, 0.717) is 31.0 Å². The number of aryl methyl sites for hydroxylation is 1. The fraction of sp³-hybridized carbons (Fsp3) is 0.316. The summed E-state index contributed by atoms with van der Waals surface area (Å²) in [5, 5.41) is 6.16. The smallest absolute Gasteiger partial charge is 0.226 e. The van der Waals surface area contributed by atoms with Crippen molar-refractivity contribution in [3.8, 4) is 5.75 Å². The summed E-state index contributed by atoms with van der Waals surface area (Å²) in [6.07, 6.45) is 1.43. The third-order valence-corrected chi connectivity index (χ3v) is 3.50. The first-order chi connectivity index (χ1) is 11.2. The molecule has 23 heavy (non-hydrogen) atoms. The molecular formula is C19H24N2O2. The van der Waals surface area contributed by atoms with Gasteiger partial charge in [0.15, 0.2) is 0 Å². The minimum Gasteiger partial charge on any atom is -0.492 e. The molecule has 2 aromatic carbocycles. The number of carbonyl (C=O) groups is 1. The first-order valence-corrected chi connectivity index (χ1v) is 8.07. The maximum atomic E-state index is 12.1. The van der Waals surface area contributed by atoms with Gasteiger partial charge in [-0.25, -0.2) is 0 Å². The Hall–Kier alpha value is -2.49. The molecule has 0 aliphatic carbocycles. The summed E-state index contributed by atoms with van der Waals surface area (Å²) >= 11 is 0. The van der Waals surface area contributed by atoms with Crippen LogP contribution >= 0.6 is 0 Å². The molecular weight excluding hydrogens is 288 g/mol. The fourth-order valence-electron chi connectivity index (χ4n) is 2.24. The molecule has 0 radical (unpaired) electrons. The summed E-state index contributed by atoms with van der Waals surface area (Å²) in [6, 6.07) is 15.8. The van der Waals surface area contributed by atoms with E-state index in [1.807, 2.05) is 43.3 Å². The van der Waals surface area contributed by atoms with Crippen LogP contribution in [0.25, 0.3) is 0 Å². The van der Waals surface area contributed by atoms with E-state index in [1.165, 1.54) is 5.56 Å². The van der Waals surface area contributed by atoms with E-state index < -0.39 is 0 Å². The van der Waals surface area contributed by atoms with Crippen LogP contribution in [0.1, 0.15) is 25.8 Å². The van der Waals surface area contributed by atoms with Crippen LogP contribution in [-0.2, 0) is 11.2 Å². The van der Waals surface area contributed by atoms with Gasteiger partial charge in [-0.3, -0.25) is 4.79 Å². The SMILES string of the molecule is CCOc1ccccc1NC(=O)CCNc1ccc(CC)cc1. The van der Waals surface area contributed by atoms with Crippen LogP contribution in [0.3, 0.4) is 0 Å². The van der Waals surface area contributed by atoms with E-state index in [4.69, 9.17) is 4.74 Å². The van der Waals surface area contributed by atoms with Gasteiger partial charge in [-0.05, 0) is 43.2 Å². The highest BCUT2D eigenvalue weighted by atomic mass is 16.5. The molecule has 0 aromatic heterocycles. The summed E-state index contributed by atoms with van der Waals surface area (Å²) in [6.45, 7) is 5.22. The molecule has 4 heteroatoms. The number of rotatable bonds is 8. The van der Waals surface area contributed by atoms with Gasteiger partial charge in [-0.1, -0.05) is 31.2 Å². The van der Waals surface area contributed by atoms with E-state index in [-0.39, 0.29) is 5.91 Å². The Balaban J connectivity index is 1.81. The number of anilines is 2. The molecule has 2 rings (SSSR count). The molecule has 0 saturated heterocycles. The van der Waals surface area contributed by atoms with Gasteiger partial charge in [0, 0.05) is 18.7 Å². The average molecular weight is 312 g/mol. The standard InChI is InChI=1S/C19H24N2O2/c1-3-15-9-11-16(12-10-15)20-14-13-19(22)21-17-7-5-6-8-18(17)23-4-2/h5-12,20H,3-4,13-14H2,1-2H3,(H,21,22). The van der Waals surface area contributed by atoms with Crippen molar-refractivity contribution in [2.75, 3.05) is 23.8 Å². The molecule has 2 aromatic rings. The molecule has 0 aliphatic heterocycles. The Morgan fingerprint density at radius 3 is 2.48 bits per heavy atom. The number of hydrogen-bond donors (Lipinski definition) is 2. The summed E-state index contributed by atoms with van der Waals surface area (Å²) < 4.78 is 5.50. The third kappa shape index (κ3) is 5.33. The summed E-state index contributed by atoms with van der Waals surface area (Å²) in [4.78, 5) is 12.1. The van der Waals surface area contributed by atoms with Crippen LogP contribution in [0.15, 0.2) is 48.5 Å². The zero-order valence-corrected chi connectivity index (χ0v) is 13.8. The van der Waals surface area contributed by atoms with Gasteiger partial charge in [-0.2, -0.15) is 0 Å². The van der Waals surface area contributed by atoms with E-state index in [9.17, 15) is 4.79 Å². The molecule has 0 heterocycles. The summed E-state index contributed by atoms with van der Waals surface area (Å²) in [7, 11) is 0. The van der Waals surface area contributed by atoms with Gasteiger partial charge in [0.1, 0.15) is 5.75 Å². The third-order valence-electron chi connectivity index (χ3n) is 3.50. The number of ether oxygens (including phenoxy) is 1. The zero-order valence-electron chi connectivity index (χ0n) is 13.8. The molecule has 1 amide bonds. The highest BCUT2D eigenvalue weighted by Crippen LogP contribution is 2.23. The fourth-order valence-corrected chi connectivity index (χ4v) is 2.24. The minimum atomic E-state index is -0.0326. The van der Waals surface area contributed by atoms with Crippen LogP contribution in [-0.4, -0.2) is 19.1 Å². The van der Waals surface area contributed by atoms with Gasteiger partial charge in [0.05, 0.1) is 12.3 Å². The largest absolute Gasteiger partial charge is 0.492 e. The first-order valence-electron chi connectivity index (χ1n) is 8.07. The molecule has 0 aliphatic rings. The lowest BCUT2D eigenvalue weighted by atomic mass is 10.1. The number of carbonyl (C=O) groups excluding carboxylic acids is 1. The quantitative estimate of drug-likeness (QED) is 0.772. The summed E-state index contributed by atoms with van der Waals surface area (Å²) in [5.41, 5.74) is 3.05. The van der Waals surface area contributed by atoms with Gasteiger partial charge in [0.25, 0.3) is 0 Å². The lowest BCUT2D eigenvalue weighted by Gasteiger charge is -2.11. The molecule has 0 fully saturated rings. The maximum absolute atomic E-state index is 12.1. The number of nitrogens with one attached hydrogen (secondary N) is 2. The second kappa shape index (κ2) is 8.83. The lowest BCUT2D eigenvalue weighted by Crippen LogP contribution is -2.16. The lowest BCUT2D eigenvalue weighted by molar-refractivity contribution is -0.116. The van der Waals surface area contributed by atoms with Crippen LogP contribution < -0.4 is 15.4 Å². The van der Waals surface area contributed by atoms with E-state index in [2.05, 4.69) is 29.7 Å². The Labute approximate surface area is 137 Å². The van der Waals surface area contributed by atoms with Crippen molar-refractivity contribution < 1.29 is 9.53 Å². The number of para-hydroxylation sites is 2. The normalized spacial score (nSPS) is 10.2. The number of amides is 1. The van der Waals surface area contributed by atoms with Gasteiger partial charge in [0.2, 0.25) is 5.91 Å². The molecule has 0 saturated carbocycles. The zero-order chi connectivity index (χ0) is 16.5. The van der Waals surface area contributed by atoms with Crippen LogP contribution in [0.5, 0.6) is 5.75 Å². The van der Waals surface area contributed by atoms with Gasteiger partial charge < -0.3 is 15.4 Å². The maximum Gasteiger partial charge on any atom is 0.226 e. The Bertz CT molecular complexity index is 624. The second-order valence-corrected chi connectivity index (χ2v) is 5.20. The Morgan fingerprint density at radius 2 is 1.78 bits per heavy atom. The average Bonchev–Trinajstić information content (AvgIpc) is 2.57. The molecule has 2 N–H and O–H groups in total. The van der Waals surface area contributed by atoms with Crippen molar-refractivity contribution in [2.24, 2.45) is 0 Å². The van der Waals surface area contributed by atoms with Crippen LogP contribution in [0.2, 0.25) is 0 Å². The highest BCUT2D eigenvalue weighted by Gasteiger charge is 2.07. The van der Waals surface area contributed by atoms with Crippen molar-refractivity contribution in [2.45, 2.75) is 26.7 Å². The Morgan fingerprint density at radius 1 is 1.04 bits per heavy atom. The topological polar surface area (TPSA) is 50.4 Å². The van der Waals surface area contributed by atoms with Crippen molar-refractivity contribution in [1.82, 2.24) is 0 Å². The monoisotopic (exact) mass is 312 g/mol. The van der Waals surface area contributed by atoms with Gasteiger partial charge >= 0.3 is 0 Å². The predicted molar refractivity (Wildman–Crippen MR) is 95.2 cm³/mol. The predicted octanol–water partition coefficient (Wildman–Crippen LogP) is 4.09. The van der Waals surface area contributed by atoms with Crippen molar-refractivity contribution in [3.63, 3.8) is 0 Å². The van der Waals surface area contributed by atoms with Crippen molar-refractivity contribution in [1.29, 1.82) is 0 Å². The molecule has 4 nitrogen and oxygen atoms in total. The molecule has 122 valence electrons. The van der Waals surface area contributed by atoms with Crippen molar-refractivity contribution >= 4 is 17.3 Å². The molecule has 0 unspecified atom stereocenters. The highest BCUT2D eigenvalue weighted by molar-refractivity contribution is 5.92. The minimum absolute atomic E-state index is 0.0326. The van der Waals surface area contributed by atoms with Gasteiger partial charge in [-0.15, -0.1) is 0 Å². The molecule has 0 bridgehead atoms.